The van der Waals surface area contributed by atoms with Crippen molar-refractivity contribution in [3.05, 3.63) is 187 Å². The molecule has 8 aromatic rings. The topological polar surface area (TPSA) is 16.1 Å². The highest BCUT2D eigenvalue weighted by atomic mass is 32.1. The smallest absolute Gasteiger partial charge is 0.0824 e. The van der Waals surface area contributed by atoms with Gasteiger partial charge in [-0.15, -0.1) is 11.3 Å². The van der Waals surface area contributed by atoms with Gasteiger partial charge in [-0.25, -0.2) is 0 Å². The lowest BCUT2D eigenvalue weighted by Gasteiger charge is -2.26. The van der Waals surface area contributed by atoms with Gasteiger partial charge in [-0.05, 0) is 86.5 Å². The fraction of sp³-hybridized carbons (Fsp3) is 0.0217. The summed E-state index contributed by atoms with van der Waals surface area (Å²) in [7, 11) is 0. The third-order valence-electron chi connectivity index (χ3n) is 9.69. The van der Waals surface area contributed by atoms with Crippen LogP contribution in [0.1, 0.15) is 18.1 Å². The Morgan fingerprint density at radius 1 is 0.633 bits per heavy atom. The second-order valence-electron chi connectivity index (χ2n) is 12.5. The number of anilines is 2. The van der Waals surface area contributed by atoms with Gasteiger partial charge in [0.15, 0.2) is 0 Å². The van der Waals surface area contributed by atoms with Crippen molar-refractivity contribution >= 4 is 64.8 Å². The molecule has 2 aromatic heterocycles. The first kappa shape index (κ1) is 29.1. The number of thiophene rings is 1. The average molecular weight is 645 g/mol. The summed E-state index contributed by atoms with van der Waals surface area (Å²) in [5, 5.41) is 4.99. The van der Waals surface area contributed by atoms with E-state index >= 15 is 0 Å². The molecule has 1 aliphatic rings. The van der Waals surface area contributed by atoms with E-state index in [9.17, 15) is 0 Å². The Hall–Kier alpha value is -6.03. The Morgan fingerprint density at radius 2 is 1.27 bits per heavy atom. The largest absolute Gasteiger partial charge is 0.308 e. The molecule has 0 radical (unpaired) electrons. The van der Waals surface area contributed by atoms with Crippen molar-refractivity contribution in [2.45, 2.75) is 6.92 Å². The summed E-state index contributed by atoms with van der Waals surface area (Å²) in [6.45, 7) is 6.89. The molecule has 0 saturated carbocycles. The van der Waals surface area contributed by atoms with Crippen molar-refractivity contribution in [3.63, 3.8) is 0 Å². The van der Waals surface area contributed by atoms with Crippen molar-refractivity contribution < 1.29 is 0 Å². The number of hydrogen-bond acceptors (Lipinski definition) is 3. The van der Waals surface area contributed by atoms with E-state index in [0.29, 0.717) is 0 Å². The number of benzene rings is 6. The van der Waals surface area contributed by atoms with Crippen LogP contribution in [0.25, 0.3) is 64.3 Å². The molecule has 49 heavy (non-hydrogen) atoms. The van der Waals surface area contributed by atoms with Gasteiger partial charge in [0.05, 0.1) is 16.6 Å². The molecule has 3 heteroatoms. The molecule has 0 N–H and O–H groups in total. The van der Waals surface area contributed by atoms with Crippen molar-refractivity contribution in [1.29, 1.82) is 0 Å². The molecule has 0 spiro atoms. The fourth-order valence-electron chi connectivity index (χ4n) is 7.23. The first-order valence-corrected chi connectivity index (χ1v) is 17.4. The second-order valence-corrected chi connectivity index (χ2v) is 13.6. The maximum absolute atomic E-state index is 4.76. The predicted molar refractivity (Wildman–Crippen MR) is 211 cm³/mol. The molecular weight excluding hydrogens is 613 g/mol. The maximum Gasteiger partial charge on any atom is 0.0824 e. The fourth-order valence-corrected chi connectivity index (χ4v) is 8.40. The molecule has 9 rings (SSSR count). The third-order valence-corrected chi connectivity index (χ3v) is 10.9. The Bertz CT molecular complexity index is 2600. The molecule has 0 bridgehead atoms. The third kappa shape index (κ3) is 4.99. The minimum absolute atomic E-state index is 0.871. The van der Waals surface area contributed by atoms with Crippen LogP contribution in [-0.2, 0) is 0 Å². The van der Waals surface area contributed by atoms with Gasteiger partial charge in [-0.1, -0.05) is 134 Å². The summed E-state index contributed by atoms with van der Waals surface area (Å²) in [6, 6.07) is 49.9. The quantitative estimate of drug-likeness (QED) is 0.161. The van der Waals surface area contributed by atoms with Crippen LogP contribution < -0.4 is 4.90 Å². The Kier molecular flexibility index (Phi) is 7.07. The lowest BCUT2D eigenvalue weighted by atomic mass is 10.00. The first-order chi connectivity index (χ1) is 24.1. The van der Waals surface area contributed by atoms with Gasteiger partial charge in [0.25, 0.3) is 0 Å². The molecule has 0 fully saturated rings. The van der Waals surface area contributed by atoms with Gasteiger partial charge in [-0.3, -0.25) is 4.98 Å². The number of aromatic nitrogens is 1. The molecule has 6 aromatic carbocycles. The summed E-state index contributed by atoms with van der Waals surface area (Å²) >= 11 is 1.80. The highest BCUT2D eigenvalue weighted by Gasteiger charge is 2.21. The van der Waals surface area contributed by atoms with E-state index in [1.807, 2.05) is 12.4 Å². The summed E-state index contributed by atoms with van der Waals surface area (Å²) in [4.78, 5) is 7.01. The van der Waals surface area contributed by atoms with Crippen molar-refractivity contribution in [2.75, 3.05) is 4.90 Å². The molecule has 0 aliphatic heterocycles. The first-order valence-electron chi connectivity index (χ1n) is 16.6. The number of nitrogens with zero attached hydrogens (tertiary/aromatic N) is 2. The van der Waals surface area contributed by atoms with E-state index in [2.05, 4.69) is 170 Å². The molecule has 0 unspecified atom stereocenters. The SMILES string of the molecule is C=C(/C=C\C1=C(C)c2cccc3cccc1c23)N(c1ccc(-c2ccc(-c3ccccc3)cc2)cc1)c1cncc2c1sc1ccccc12. The highest BCUT2D eigenvalue weighted by Crippen LogP contribution is 2.45. The van der Waals surface area contributed by atoms with Crippen LogP contribution in [0.15, 0.2) is 176 Å². The zero-order valence-electron chi connectivity index (χ0n) is 27.1. The monoisotopic (exact) mass is 644 g/mol. The molecule has 0 amide bonds. The maximum atomic E-state index is 4.76. The Balaban J connectivity index is 1.12. The van der Waals surface area contributed by atoms with Crippen LogP contribution in [0.3, 0.4) is 0 Å². The molecule has 2 nitrogen and oxygen atoms in total. The van der Waals surface area contributed by atoms with Crippen LogP contribution in [0.4, 0.5) is 11.4 Å². The minimum atomic E-state index is 0.871. The van der Waals surface area contributed by atoms with Gasteiger partial charge < -0.3 is 4.90 Å². The number of hydrogen-bond donors (Lipinski definition) is 0. The van der Waals surface area contributed by atoms with E-state index in [4.69, 9.17) is 4.98 Å². The molecule has 1 aliphatic carbocycles. The average Bonchev–Trinajstić information content (AvgIpc) is 3.68. The normalized spacial score (nSPS) is 12.5. The van der Waals surface area contributed by atoms with E-state index in [1.165, 1.54) is 70.1 Å². The van der Waals surface area contributed by atoms with E-state index in [1.54, 1.807) is 11.3 Å². The lowest BCUT2D eigenvalue weighted by Crippen LogP contribution is -2.14. The number of rotatable bonds is 7. The van der Waals surface area contributed by atoms with Crippen molar-refractivity contribution in [3.8, 4) is 22.3 Å². The molecule has 232 valence electrons. The highest BCUT2D eigenvalue weighted by molar-refractivity contribution is 7.26. The second kappa shape index (κ2) is 11.9. The van der Waals surface area contributed by atoms with Crippen molar-refractivity contribution in [2.24, 2.45) is 0 Å². The summed E-state index contributed by atoms with van der Waals surface area (Å²) in [5.41, 5.74) is 12.8. The van der Waals surface area contributed by atoms with E-state index in [0.717, 1.165) is 22.5 Å². The van der Waals surface area contributed by atoms with Gasteiger partial charge in [0, 0.05) is 33.1 Å². The summed E-state index contributed by atoms with van der Waals surface area (Å²) in [6.07, 6.45) is 8.36. The standard InChI is InChI=1S/C46H32N2S/c1-30(18-27-38-31(2)39-15-8-12-36-13-9-16-41(38)45(36)39)48(43-29-47-28-42-40-14-6-7-17-44(40)49-46(42)43)37-25-23-35(24-26-37)34-21-19-33(20-22-34)32-10-4-3-5-11-32/h3-29H,1H2,2H3/b27-18-. The van der Waals surface area contributed by atoms with Gasteiger partial charge in [0.2, 0.25) is 0 Å². The van der Waals surface area contributed by atoms with Crippen LogP contribution in [0.5, 0.6) is 0 Å². The molecule has 2 heterocycles. The Morgan fingerprint density at radius 3 is 2.00 bits per heavy atom. The Labute approximate surface area is 290 Å². The van der Waals surface area contributed by atoms with E-state index in [-0.39, 0.29) is 0 Å². The number of fused-ring (bicyclic) bond motifs is 3. The zero-order valence-corrected chi connectivity index (χ0v) is 27.9. The number of allylic oxidation sites excluding steroid dienone is 4. The summed E-state index contributed by atoms with van der Waals surface area (Å²) < 4.78 is 2.44. The van der Waals surface area contributed by atoms with Crippen LogP contribution in [0, 0.1) is 0 Å². The van der Waals surface area contributed by atoms with Crippen LogP contribution in [-0.4, -0.2) is 4.98 Å². The number of pyridine rings is 1. The molecular formula is C46H32N2S. The summed E-state index contributed by atoms with van der Waals surface area (Å²) in [5.74, 6) is 0. The van der Waals surface area contributed by atoms with Gasteiger partial charge in [-0.2, -0.15) is 0 Å². The van der Waals surface area contributed by atoms with Gasteiger partial charge in [0.1, 0.15) is 0 Å². The van der Waals surface area contributed by atoms with Crippen LogP contribution >= 0.6 is 11.3 Å². The minimum Gasteiger partial charge on any atom is -0.308 e. The zero-order chi connectivity index (χ0) is 32.9. The lowest BCUT2D eigenvalue weighted by molar-refractivity contribution is 1.21. The van der Waals surface area contributed by atoms with Crippen LogP contribution in [0.2, 0.25) is 0 Å². The van der Waals surface area contributed by atoms with Crippen molar-refractivity contribution in [1.82, 2.24) is 4.98 Å². The predicted octanol–water partition coefficient (Wildman–Crippen LogP) is 13.1. The van der Waals surface area contributed by atoms with Gasteiger partial charge >= 0.3 is 0 Å². The molecule has 0 saturated heterocycles. The molecule has 0 atom stereocenters. The van der Waals surface area contributed by atoms with E-state index < -0.39 is 0 Å².